The average molecular weight is 382 g/mol. The fourth-order valence-corrected chi connectivity index (χ4v) is 2.32. The lowest BCUT2D eigenvalue weighted by Crippen LogP contribution is -2.43. The fourth-order valence-electron chi connectivity index (χ4n) is 2.32. The van der Waals surface area contributed by atoms with Crippen molar-refractivity contribution in [2.24, 2.45) is 0 Å². The van der Waals surface area contributed by atoms with Crippen LogP contribution in [0.15, 0.2) is 54.6 Å². The molecule has 2 aromatic rings. The molecule has 0 atom stereocenters. The van der Waals surface area contributed by atoms with E-state index in [4.69, 9.17) is 9.47 Å². The fraction of sp³-hybridized carbons (Fsp3) is 0.273. The highest BCUT2D eigenvalue weighted by Gasteiger charge is 2.05. The van der Waals surface area contributed by atoms with Crippen LogP contribution < -0.4 is 20.3 Å². The Morgan fingerprint density at radius 2 is 1.54 bits per heavy atom. The molecule has 148 valence electrons. The van der Waals surface area contributed by atoms with Gasteiger partial charge in [0.25, 0.3) is 11.8 Å². The van der Waals surface area contributed by atoms with Gasteiger partial charge in [0.15, 0.2) is 6.61 Å². The summed E-state index contributed by atoms with van der Waals surface area (Å²) in [6, 6.07) is 14.9. The van der Waals surface area contributed by atoms with Gasteiger partial charge in [-0.15, -0.1) is 0 Å². The van der Waals surface area contributed by atoms with Gasteiger partial charge in [0.05, 0.1) is 6.61 Å². The molecule has 2 aromatic carbocycles. The number of rotatable bonds is 8. The Morgan fingerprint density at radius 3 is 2.14 bits per heavy atom. The van der Waals surface area contributed by atoms with E-state index in [1.54, 1.807) is 6.08 Å². The number of hydrogen-bond acceptors (Lipinski definition) is 4. The minimum absolute atomic E-state index is 0.191. The molecule has 0 aromatic heterocycles. The summed E-state index contributed by atoms with van der Waals surface area (Å²) in [5, 5.41) is 0. The summed E-state index contributed by atoms with van der Waals surface area (Å²) in [6.45, 7) is 6.54. The molecule has 2 rings (SSSR count). The third kappa shape index (κ3) is 7.15. The van der Waals surface area contributed by atoms with Crippen molar-refractivity contribution in [1.82, 2.24) is 10.9 Å². The first kappa shape index (κ1) is 21.0. The summed E-state index contributed by atoms with van der Waals surface area (Å²) in [7, 11) is 0. The molecule has 0 spiro atoms. The molecule has 28 heavy (non-hydrogen) atoms. The van der Waals surface area contributed by atoms with E-state index in [-0.39, 0.29) is 6.61 Å². The predicted molar refractivity (Wildman–Crippen MR) is 109 cm³/mol. The maximum absolute atomic E-state index is 11.8. The Labute approximate surface area is 165 Å². The Kier molecular flexibility index (Phi) is 8.09. The van der Waals surface area contributed by atoms with Crippen LogP contribution in [-0.4, -0.2) is 25.0 Å². The normalized spacial score (nSPS) is 10.7. The molecule has 0 heterocycles. The Bertz CT molecular complexity index is 796. The van der Waals surface area contributed by atoms with Gasteiger partial charge in [-0.3, -0.25) is 20.4 Å². The number of hydrazine groups is 1. The van der Waals surface area contributed by atoms with Gasteiger partial charge in [-0.05, 0) is 54.3 Å². The van der Waals surface area contributed by atoms with Gasteiger partial charge in [0.1, 0.15) is 11.5 Å². The average Bonchev–Trinajstić information content (AvgIpc) is 2.70. The first-order chi connectivity index (χ1) is 13.5. The lowest BCUT2D eigenvalue weighted by molar-refractivity contribution is -0.128. The number of hydrogen-bond donors (Lipinski definition) is 2. The molecule has 0 saturated carbocycles. The van der Waals surface area contributed by atoms with Gasteiger partial charge in [-0.25, -0.2) is 0 Å². The number of benzene rings is 2. The smallest absolute Gasteiger partial charge is 0.276 e. The van der Waals surface area contributed by atoms with Gasteiger partial charge >= 0.3 is 0 Å². The zero-order chi connectivity index (χ0) is 20.4. The summed E-state index contributed by atoms with van der Waals surface area (Å²) in [6.07, 6.45) is 2.98. The molecule has 0 unspecified atom stereocenters. The van der Waals surface area contributed by atoms with E-state index in [2.05, 4.69) is 24.7 Å². The summed E-state index contributed by atoms with van der Waals surface area (Å²) in [5.41, 5.74) is 6.67. The standard InChI is InChI=1S/C22H26N2O4/c1-4-27-19-10-5-17(6-11-19)7-14-21(25)23-24-22(26)15-28-20-12-8-18(9-13-20)16(2)3/h5-14,16H,4,15H2,1-3H3,(H,23,25)(H,24,26)/b14-7+. The van der Waals surface area contributed by atoms with Crippen molar-refractivity contribution in [3.05, 3.63) is 65.7 Å². The molecule has 0 aliphatic rings. The molecule has 6 nitrogen and oxygen atoms in total. The zero-order valence-electron chi connectivity index (χ0n) is 16.4. The highest BCUT2D eigenvalue weighted by molar-refractivity contribution is 5.93. The number of amides is 2. The monoisotopic (exact) mass is 382 g/mol. The van der Waals surface area contributed by atoms with Crippen molar-refractivity contribution < 1.29 is 19.1 Å². The number of ether oxygens (including phenoxy) is 2. The summed E-state index contributed by atoms with van der Waals surface area (Å²) >= 11 is 0. The maximum atomic E-state index is 11.8. The summed E-state index contributed by atoms with van der Waals surface area (Å²) in [5.74, 6) is 0.916. The molecule has 0 fully saturated rings. The topological polar surface area (TPSA) is 76.7 Å². The van der Waals surface area contributed by atoms with Crippen molar-refractivity contribution in [3.8, 4) is 11.5 Å². The largest absolute Gasteiger partial charge is 0.494 e. The molecule has 2 amide bonds. The van der Waals surface area contributed by atoms with Gasteiger partial charge in [0.2, 0.25) is 0 Å². The molecule has 0 radical (unpaired) electrons. The second-order valence-electron chi connectivity index (χ2n) is 6.39. The highest BCUT2D eigenvalue weighted by atomic mass is 16.5. The van der Waals surface area contributed by atoms with Crippen LogP contribution in [-0.2, 0) is 9.59 Å². The quantitative estimate of drug-likeness (QED) is 0.542. The van der Waals surface area contributed by atoms with Gasteiger partial charge < -0.3 is 9.47 Å². The van der Waals surface area contributed by atoms with Crippen LogP contribution in [0.4, 0.5) is 0 Å². The summed E-state index contributed by atoms with van der Waals surface area (Å²) in [4.78, 5) is 23.6. The third-order valence-electron chi connectivity index (χ3n) is 3.86. The highest BCUT2D eigenvalue weighted by Crippen LogP contribution is 2.18. The molecule has 0 saturated heterocycles. The third-order valence-corrected chi connectivity index (χ3v) is 3.86. The van der Waals surface area contributed by atoms with E-state index in [1.807, 2.05) is 55.5 Å². The lowest BCUT2D eigenvalue weighted by atomic mass is 10.0. The number of carbonyl (C=O) groups is 2. The second kappa shape index (κ2) is 10.8. The first-order valence-electron chi connectivity index (χ1n) is 9.20. The predicted octanol–water partition coefficient (Wildman–Crippen LogP) is 3.45. The molecule has 0 aliphatic carbocycles. The molecule has 6 heteroatoms. The van der Waals surface area contributed by atoms with E-state index in [0.717, 1.165) is 11.3 Å². The summed E-state index contributed by atoms with van der Waals surface area (Å²) < 4.78 is 10.8. The van der Waals surface area contributed by atoms with Crippen molar-refractivity contribution in [2.45, 2.75) is 26.7 Å². The van der Waals surface area contributed by atoms with E-state index < -0.39 is 11.8 Å². The van der Waals surface area contributed by atoms with Crippen molar-refractivity contribution in [2.75, 3.05) is 13.2 Å². The van der Waals surface area contributed by atoms with Crippen LogP contribution in [0.25, 0.3) is 6.08 Å². The van der Waals surface area contributed by atoms with Crippen molar-refractivity contribution in [1.29, 1.82) is 0 Å². The second-order valence-corrected chi connectivity index (χ2v) is 6.39. The van der Waals surface area contributed by atoms with Gasteiger partial charge in [0, 0.05) is 6.08 Å². The van der Waals surface area contributed by atoms with Gasteiger partial charge in [-0.2, -0.15) is 0 Å². The molecule has 2 N–H and O–H groups in total. The molecule has 0 aliphatic heterocycles. The van der Waals surface area contributed by atoms with E-state index in [0.29, 0.717) is 18.3 Å². The minimum atomic E-state index is -0.448. The molecular weight excluding hydrogens is 356 g/mol. The SMILES string of the molecule is CCOc1ccc(/C=C/C(=O)NNC(=O)COc2ccc(C(C)C)cc2)cc1. The van der Waals surface area contributed by atoms with Crippen LogP contribution in [0.2, 0.25) is 0 Å². The van der Waals surface area contributed by atoms with Gasteiger partial charge in [-0.1, -0.05) is 38.1 Å². The first-order valence-corrected chi connectivity index (χ1v) is 9.20. The Hall–Kier alpha value is -3.28. The van der Waals surface area contributed by atoms with E-state index in [1.165, 1.54) is 11.6 Å². The minimum Gasteiger partial charge on any atom is -0.494 e. The van der Waals surface area contributed by atoms with Crippen molar-refractivity contribution >= 4 is 17.9 Å². The van der Waals surface area contributed by atoms with E-state index in [9.17, 15) is 9.59 Å². The van der Waals surface area contributed by atoms with Crippen molar-refractivity contribution in [3.63, 3.8) is 0 Å². The van der Waals surface area contributed by atoms with Crippen LogP contribution in [0.1, 0.15) is 37.8 Å². The maximum Gasteiger partial charge on any atom is 0.276 e. The lowest BCUT2D eigenvalue weighted by Gasteiger charge is -2.09. The zero-order valence-corrected chi connectivity index (χ0v) is 16.4. The van der Waals surface area contributed by atoms with Crippen LogP contribution in [0, 0.1) is 0 Å². The molecule has 0 bridgehead atoms. The number of nitrogens with one attached hydrogen (secondary N) is 2. The van der Waals surface area contributed by atoms with E-state index >= 15 is 0 Å². The van der Waals surface area contributed by atoms with Crippen LogP contribution in [0.3, 0.4) is 0 Å². The Balaban J connectivity index is 1.72. The van der Waals surface area contributed by atoms with Crippen LogP contribution in [0.5, 0.6) is 11.5 Å². The molecular formula is C22H26N2O4. The van der Waals surface area contributed by atoms with Crippen LogP contribution >= 0.6 is 0 Å². The number of carbonyl (C=O) groups excluding carboxylic acids is 2. The Morgan fingerprint density at radius 1 is 0.929 bits per heavy atom.